The highest BCUT2D eigenvalue weighted by molar-refractivity contribution is 5.40. The van der Waals surface area contributed by atoms with Gasteiger partial charge in [0.05, 0.1) is 12.2 Å². The third-order valence-corrected chi connectivity index (χ3v) is 4.86. The Labute approximate surface area is 129 Å². The molecule has 1 fully saturated rings. The second kappa shape index (κ2) is 4.82. The molecule has 114 valence electrons. The molecule has 0 saturated carbocycles. The zero-order valence-electron chi connectivity index (χ0n) is 12.8. The number of ether oxygens (including phenoxy) is 2. The maximum Gasteiger partial charge on any atom is 0.125 e. The highest BCUT2D eigenvalue weighted by atomic mass is 19.1. The lowest BCUT2D eigenvalue weighted by atomic mass is 9.78. The van der Waals surface area contributed by atoms with Gasteiger partial charge in [0.15, 0.2) is 0 Å². The maximum atomic E-state index is 13.5. The fourth-order valence-corrected chi connectivity index (χ4v) is 3.71. The van der Waals surface area contributed by atoms with E-state index in [-0.39, 0.29) is 29.5 Å². The first-order valence-electron chi connectivity index (χ1n) is 7.73. The molecule has 2 aromatic rings. The van der Waals surface area contributed by atoms with E-state index in [1.807, 2.05) is 24.3 Å². The van der Waals surface area contributed by atoms with Crippen LogP contribution in [0.15, 0.2) is 48.5 Å². The molecule has 2 aliphatic heterocycles. The van der Waals surface area contributed by atoms with Gasteiger partial charge in [-0.2, -0.15) is 0 Å². The Hall–Kier alpha value is -1.87. The molecule has 2 aliphatic rings. The van der Waals surface area contributed by atoms with Crippen molar-refractivity contribution in [2.45, 2.75) is 38.1 Å². The van der Waals surface area contributed by atoms with Gasteiger partial charge < -0.3 is 9.47 Å². The second-order valence-corrected chi connectivity index (χ2v) is 6.69. The Balaban J connectivity index is 1.72. The van der Waals surface area contributed by atoms with Crippen LogP contribution in [-0.4, -0.2) is 5.60 Å². The van der Waals surface area contributed by atoms with Crippen molar-refractivity contribution in [3.8, 4) is 5.75 Å². The minimum Gasteiger partial charge on any atom is -0.487 e. The number of halogens is 1. The summed E-state index contributed by atoms with van der Waals surface area (Å²) in [7, 11) is 0. The van der Waals surface area contributed by atoms with Gasteiger partial charge in [-0.1, -0.05) is 30.3 Å². The summed E-state index contributed by atoms with van der Waals surface area (Å²) >= 11 is 0. The number of fused-ring (bicyclic) bond motifs is 3. The van der Waals surface area contributed by atoms with Gasteiger partial charge in [0.25, 0.3) is 0 Å². The van der Waals surface area contributed by atoms with E-state index >= 15 is 0 Å². The van der Waals surface area contributed by atoms with Crippen LogP contribution in [0.3, 0.4) is 0 Å². The standard InChI is InChI=1S/C19H19FO2/c1-19(2)15-11-17(12-6-5-7-13(20)10-12)21-18(15)14-8-3-4-9-16(14)22-19/h3-10,15,17-18H,11H2,1-2H3/t15-,17+,18+/m0/s1. The minimum absolute atomic E-state index is 0.00761. The van der Waals surface area contributed by atoms with Gasteiger partial charge in [-0.05, 0) is 44.0 Å². The van der Waals surface area contributed by atoms with E-state index in [1.54, 1.807) is 12.1 Å². The Kier molecular flexibility index (Phi) is 3.01. The minimum atomic E-state index is -0.291. The predicted octanol–water partition coefficient (Wildman–Crippen LogP) is 4.82. The Morgan fingerprint density at radius 3 is 2.73 bits per heavy atom. The molecule has 2 aromatic carbocycles. The number of hydrogen-bond donors (Lipinski definition) is 0. The van der Waals surface area contributed by atoms with Crippen LogP contribution < -0.4 is 4.74 Å². The number of rotatable bonds is 1. The maximum absolute atomic E-state index is 13.5. The van der Waals surface area contributed by atoms with Crippen molar-refractivity contribution in [2.24, 2.45) is 5.92 Å². The molecule has 0 aromatic heterocycles. The van der Waals surface area contributed by atoms with E-state index in [0.717, 1.165) is 23.3 Å². The van der Waals surface area contributed by atoms with Gasteiger partial charge in [0.1, 0.15) is 17.2 Å². The first-order chi connectivity index (χ1) is 10.5. The molecule has 22 heavy (non-hydrogen) atoms. The van der Waals surface area contributed by atoms with Crippen molar-refractivity contribution in [2.75, 3.05) is 0 Å². The number of benzene rings is 2. The van der Waals surface area contributed by atoms with Crippen molar-refractivity contribution in [1.82, 2.24) is 0 Å². The van der Waals surface area contributed by atoms with E-state index in [0.29, 0.717) is 0 Å². The third-order valence-electron chi connectivity index (χ3n) is 4.86. The molecule has 4 rings (SSSR count). The van der Waals surface area contributed by atoms with Crippen molar-refractivity contribution in [3.05, 3.63) is 65.5 Å². The van der Waals surface area contributed by atoms with Crippen molar-refractivity contribution in [3.63, 3.8) is 0 Å². The fourth-order valence-electron chi connectivity index (χ4n) is 3.71. The summed E-state index contributed by atoms with van der Waals surface area (Å²) in [6, 6.07) is 14.8. The summed E-state index contributed by atoms with van der Waals surface area (Å²) in [5.41, 5.74) is 1.72. The monoisotopic (exact) mass is 298 g/mol. The lowest BCUT2D eigenvalue weighted by Gasteiger charge is -2.40. The van der Waals surface area contributed by atoms with Crippen LogP contribution in [0, 0.1) is 11.7 Å². The summed E-state index contributed by atoms with van der Waals surface area (Å²) in [5, 5.41) is 0. The normalized spacial score (nSPS) is 28.6. The van der Waals surface area contributed by atoms with Crippen LogP contribution in [-0.2, 0) is 4.74 Å². The van der Waals surface area contributed by atoms with Gasteiger partial charge in [-0.25, -0.2) is 4.39 Å². The Bertz CT molecular complexity index is 710. The quantitative estimate of drug-likeness (QED) is 0.751. The summed E-state index contributed by atoms with van der Waals surface area (Å²) in [4.78, 5) is 0. The Morgan fingerprint density at radius 1 is 1.09 bits per heavy atom. The van der Waals surface area contributed by atoms with Crippen LogP contribution >= 0.6 is 0 Å². The van der Waals surface area contributed by atoms with E-state index in [9.17, 15) is 4.39 Å². The predicted molar refractivity (Wildman–Crippen MR) is 82.2 cm³/mol. The molecule has 0 amide bonds. The molecule has 2 heterocycles. The molecular formula is C19H19FO2. The number of para-hydroxylation sites is 1. The molecule has 1 saturated heterocycles. The van der Waals surface area contributed by atoms with Gasteiger partial charge in [-0.3, -0.25) is 0 Å². The topological polar surface area (TPSA) is 18.5 Å². The largest absolute Gasteiger partial charge is 0.487 e. The zero-order valence-corrected chi connectivity index (χ0v) is 12.8. The highest BCUT2D eigenvalue weighted by Crippen LogP contribution is 2.55. The SMILES string of the molecule is CC1(C)Oc2ccccc2[C@H]2O[C@@H](c3cccc(F)c3)C[C@@H]21. The van der Waals surface area contributed by atoms with Crippen LogP contribution in [0.5, 0.6) is 5.75 Å². The summed E-state index contributed by atoms with van der Waals surface area (Å²) in [6.07, 6.45) is 0.767. The van der Waals surface area contributed by atoms with Crippen LogP contribution in [0.4, 0.5) is 4.39 Å². The Morgan fingerprint density at radius 2 is 1.91 bits per heavy atom. The molecule has 0 aliphatic carbocycles. The zero-order chi connectivity index (χ0) is 15.3. The van der Waals surface area contributed by atoms with E-state index < -0.39 is 0 Å². The molecule has 0 radical (unpaired) electrons. The van der Waals surface area contributed by atoms with Gasteiger partial charge in [0, 0.05) is 11.5 Å². The van der Waals surface area contributed by atoms with Gasteiger partial charge in [-0.15, -0.1) is 0 Å². The smallest absolute Gasteiger partial charge is 0.125 e. The van der Waals surface area contributed by atoms with Crippen molar-refractivity contribution in [1.29, 1.82) is 0 Å². The van der Waals surface area contributed by atoms with Crippen LogP contribution in [0.2, 0.25) is 0 Å². The van der Waals surface area contributed by atoms with E-state index in [4.69, 9.17) is 9.47 Å². The van der Waals surface area contributed by atoms with E-state index in [1.165, 1.54) is 6.07 Å². The van der Waals surface area contributed by atoms with Gasteiger partial charge in [0.2, 0.25) is 0 Å². The molecule has 2 nitrogen and oxygen atoms in total. The summed E-state index contributed by atoms with van der Waals surface area (Å²) in [6.45, 7) is 4.22. The van der Waals surface area contributed by atoms with Crippen LogP contribution in [0.1, 0.15) is 43.6 Å². The summed E-state index contributed by atoms with van der Waals surface area (Å²) in [5.74, 6) is 0.941. The third kappa shape index (κ3) is 2.12. The molecular weight excluding hydrogens is 279 g/mol. The van der Waals surface area contributed by atoms with Crippen molar-refractivity contribution >= 4 is 0 Å². The lowest BCUT2D eigenvalue weighted by Crippen LogP contribution is -2.42. The summed E-state index contributed by atoms with van der Waals surface area (Å²) < 4.78 is 26.0. The average Bonchev–Trinajstić information content (AvgIpc) is 2.93. The second-order valence-electron chi connectivity index (χ2n) is 6.69. The molecule has 0 bridgehead atoms. The van der Waals surface area contributed by atoms with Crippen molar-refractivity contribution < 1.29 is 13.9 Å². The first-order valence-corrected chi connectivity index (χ1v) is 7.73. The average molecular weight is 298 g/mol. The molecule has 0 unspecified atom stereocenters. The lowest BCUT2D eigenvalue weighted by molar-refractivity contribution is -0.0422. The highest BCUT2D eigenvalue weighted by Gasteiger charge is 2.50. The first kappa shape index (κ1) is 13.8. The molecule has 3 heteroatoms. The van der Waals surface area contributed by atoms with Crippen LogP contribution in [0.25, 0.3) is 0 Å². The number of hydrogen-bond acceptors (Lipinski definition) is 2. The molecule has 3 atom stereocenters. The molecule has 0 spiro atoms. The molecule has 0 N–H and O–H groups in total. The van der Waals surface area contributed by atoms with Gasteiger partial charge >= 0.3 is 0 Å². The van der Waals surface area contributed by atoms with E-state index in [2.05, 4.69) is 19.9 Å². The fraction of sp³-hybridized carbons (Fsp3) is 0.368.